The molecule has 1 heterocycles. The Morgan fingerprint density at radius 2 is 1.81 bits per heavy atom. The Kier molecular flexibility index (Phi) is 2.28. The van der Waals surface area contributed by atoms with E-state index in [4.69, 9.17) is 5.73 Å². The summed E-state index contributed by atoms with van der Waals surface area (Å²) in [6.07, 6.45) is -0.458. The molecule has 3 atom stereocenters. The SMILES string of the molecule is Cc1ccc(C(O)N2CC3C(N)C3C2)cc1. The molecule has 3 unspecified atom stereocenters. The van der Waals surface area contributed by atoms with E-state index in [-0.39, 0.29) is 0 Å². The van der Waals surface area contributed by atoms with Crippen molar-refractivity contribution in [3.8, 4) is 0 Å². The predicted octanol–water partition coefficient (Wildman–Crippen LogP) is 0.875. The van der Waals surface area contributed by atoms with Gasteiger partial charge in [-0.3, -0.25) is 4.90 Å². The number of likely N-dealkylation sites (tertiary alicyclic amines) is 1. The molecule has 1 aliphatic heterocycles. The Morgan fingerprint density at radius 3 is 2.38 bits per heavy atom. The number of hydrogen-bond acceptors (Lipinski definition) is 3. The smallest absolute Gasteiger partial charge is 0.133 e. The molecular weight excluding hydrogens is 200 g/mol. The van der Waals surface area contributed by atoms with Crippen molar-refractivity contribution in [2.45, 2.75) is 19.2 Å². The first kappa shape index (κ1) is 10.3. The fraction of sp³-hybridized carbons (Fsp3) is 0.538. The standard InChI is InChI=1S/C13H18N2O/c1-8-2-4-9(5-3-8)13(16)15-6-10-11(7-15)12(10)14/h2-5,10-13,16H,6-7,14H2,1H3. The first-order valence-electron chi connectivity index (χ1n) is 5.91. The second kappa shape index (κ2) is 3.55. The molecule has 0 bridgehead atoms. The summed E-state index contributed by atoms with van der Waals surface area (Å²) in [6.45, 7) is 3.95. The minimum absolute atomic E-state index is 0.390. The number of rotatable bonds is 2. The molecule has 0 radical (unpaired) electrons. The molecule has 3 heteroatoms. The zero-order valence-corrected chi connectivity index (χ0v) is 9.50. The van der Waals surface area contributed by atoms with E-state index in [0.717, 1.165) is 18.7 Å². The van der Waals surface area contributed by atoms with Crippen molar-refractivity contribution >= 4 is 0 Å². The highest BCUT2D eigenvalue weighted by Gasteiger charge is 2.54. The predicted molar refractivity (Wildman–Crippen MR) is 62.7 cm³/mol. The van der Waals surface area contributed by atoms with Crippen LogP contribution in [0.3, 0.4) is 0 Å². The summed E-state index contributed by atoms with van der Waals surface area (Å²) < 4.78 is 0. The third-order valence-electron chi connectivity index (χ3n) is 4.01. The van der Waals surface area contributed by atoms with Crippen molar-refractivity contribution in [3.05, 3.63) is 35.4 Å². The van der Waals surface area contributed by atoms with Crippen LogP contribution in [0.25, 0.3) is 0 Å². The molecule has 1 aromatic carbocycles. The maximum absolute atomic E-state index is 10.2. The number of nitrogens with zero attached hydrogens (tertiary/aromatic N) is 1. The molecule has 1 saturated carbocycles. The van der Waals surface area contributed by atoms with Crippen LogP contribution in [0, 0.1) is 18.8 Å². The van der Waals surface area contributed by atoms with Crippen LogP contribution in [0.2, 0.25) is 0 Å². The minimum atomic E-state index is -0.458. The van der Waals surface area contributed by atoms with Crippen LogP contribution >= 0.6 is 0 Å². The molecule has 16 heavy (non-hydrogen) atoms. The zero-order valence-electron chi connectivity index (χ0n) is 9.50. The molecule has 2 fully saturated rings. The van der Waals surface area contributed by atoms with Crippen molar-refractivity contribution in [2.24, 2.45) is 17.6 Å². The largest absolute Gasteiger partial charge is 0.374 e. The van der Waals surface area contributed by atoms with Gasteiger partial charge >= 0.3 is 0 Å². The average Bonchev–Trinajstić information content (AvgIpc) is 2.75. The molecule has 3 N–H and O–H groups in total. The van der Waals surface area contributed by atoms with Gasteiger partial charge in [-0.2, -0.15) is 0 Å². The summed E-state index contributed by atoms with van der Waals surface area (Å²) in [5, 5.41) is 10.2. The van der Waals surface area contributed by atoms with Gasteiger partial charge in [0.25, 0.3) is 0 Å². The lowest BCUT2D eigenvalue weighted by atomic mass is 10.1. The maximum atomic E-state index is 10.2. The second-order valence-electron chi connectivity index (χ2n) is 5.14. The number of hydrogen-bond donors (Lipinski definition) is 2. The first-order chi connectivity index (χ1) is 7.66. The molecule has 3 nitrogen and oxygen atoms in total. The molecule has 86 valence electrons. The van der Waals surface area contributed by atoms with Crippen LogP contribution in [0.4, 0.5) is 0 Å². The van der Waals surface area contributed by atoms with Crippen LogP contribution in [-0.2, 0) is 0 Å². The summed E-state index contributed by atoms with van der Waals surface area (Å²) in [4.78, 5) is 2.13. The van der Waals surface area contributed by atoms with E-state index in [1.807, 2.05) is 24.3 Å². The van der Waals surface area contributed by atoms with E-state index in [9.17, 15) is 5.11 Å². The van der Waals surface area contributed by atoms with Crippen molar-refractivity contribution in [1.82, 2.24) is 4.90 Å². The van der Waals surface area contributed by atoms with Crippen molar-refractivity contribution in [2.75, 3.05) is 13.1 Å². The van der Waals surface area contributed by atoms with Crippen LogP contribution < -0.4 is 5.73 Å². The maximum Gasteiger partial charge on any atom is 0.133 e. The summed E-state index contributed by atoms with van der Waals surface area (Å²) in [7, 11) is 0. The van der Waals surface area contributed by atoms with Gasteiger partial charge in [0.05, 0.1) is 0 Å². The fourth-order valence-corrected chi connectivity index (χ4v) is 2.75. The molecule has 1 aliphatic carbocycles. The molecule has 0 aromatic heterocycles. The van der Waals surface area contributed by atoms with Gasteiger partial charge in [-0.05, 0) is 24.3 Å². The summed E-state index contributed by atoms with van der Waals surface area (Å²) in [5.74, 6) is 1.25. The van der Waals surface area contributed by atoms with Gasteiger partial charge in [0.1, 0.15) is 6.23 Å². The molecule has 0 spiro atoms. The topological polar surface area (TPSA) is 49.5 Å². The Hall–Kier alpha value is -0.900. The van der Waals surface area contributed by atoms with Gasteiger partial charge in [0.2, 0.25) is 0 Å². The molecule has 2 aliphatic rings. The highest BCUT2D eigenvalue weighted by Crippen LogP contribution is 2.45. The zero-order chi connectivity index (χ0) is 11.3. The van der Waals surface area contributed by atoms with Gasteiger partial charge in [-0.15, -0.1) is 0 Å². The number of aliphatic hydroxyl groups excluding tert-OH is 1. The third kappa shape index (κ3) is 1.56. The van der Waals surface area contributed by atoms with E-state index in [2.05, 4.69) is 11.8 Å². The lowest BCUT2D eigenvalue weighted by molar-refractivity contribution is 0.00974. The Bertz CT molecular complexity index is 377. The summed E-state index contributed by atoms with van der Waals surface area (Å²) in [6, 6.07) is 8.48. The number of benzene rings is 1. The molecule has 1 aromatic rings. The van der Waals surface area contributed by atoms with Crippen LogP contribution in [-0.4, -0.2) is 29.1 Å². The third-order valence-corrected chi connectivity index (χ3v) is 4.01. The minimum Gasteiger partial charge on any atom is -0.374 e. The Balaban J connectivity index is 1.69. The summed E-state index contributed by atoms with van der Waals surface area (Å²) >= 11 is 0. The van der Waals surface area contributed by atoms with Gasteiger partial charge in [0.15, 0.2) is 0 Å². The molecule has 0 amide bonds. The highest BCUT2D eigenvalue weighted by molar-refractivity contribution is 5.23. The monoisotopic (exact) mass is 218 g/mol. The quantitative estimate of drug-likeness (QED) is 0.774. The number of fused-ring (bicyclic) bond motifs is 1. The van der Waals surface area contributed by atoms with E-state index in [1.54, 1.807) is 0 Å². The number of nitrogens with two attached hydrogens (primary N) is 1. The second-order valence-corrected chi connectivity index (χ2v) is 5.14. The van der Waals surface area contributed by atoms with E-state index >= 15 is 0 Å². The normalized spacial score (nSPS) is 34.8. The molecule has 1 saturated heterocycles. The Labute approximate surface area is 95.9 Å². The van der Waals surface area contributed by atoms with E-state index in [0.29, 0.717) is 17.9 Å². The van der Waals surface area contributed by atoms with Gasteiger partial charge in [0, 0.05) is 19.1 Å². The van der Waals surface area contributed by atoms with Crippen LogP contribution in [0.15, 0.2) is 24.3 Å². The molecule has 3 rings (SSSR count). The van der Waals surface area contributed by atoms with Gasteiger partial charge in [-0.1, -0.05) is 29.8 Å². The van der Waals surface area contributed by atoms with Crippen LogP contribution in [0.5, 0.6) is 0 Å². The van der Waals surface area contributed by atoms with Crippen LogP contribution in [0.1, 0.15) is 17.4 Å². The number of piperidine rings is 1. The Morgan fingerprint density at radius 1 is 1.25 bits per heavy atom. The number of aryl methyl sites for hydroxylation is 1. The highest BCUT2D eigenvalue weighted by atomic mass is 16.3. The van der Waals surface area contributed by atoms with E-state index < -0.39 is 6.23 Å². The number of aliphatic hydroxyl groups is 1. The lowest BCUT2D eigenvalue weighted by Crippen LogP contribution is -2.31. The van der Waals surface area contributed by atoms with Gasteiger partial charge < -0.3 is 10.8 Å². The fourth-order valence-electron chi connectivity index (χ4n) is 2.75. The molecular formula is C13H18N2O. The first-order valence-corrected chi connectivity index (χ1v) is 5.91. The van der Waals surface area contributed by atoms with Crippen molar-refractivity contribution in [3.63, 3.8) is 0 Å². The average molecular weight is 218 g/mol. The summed E-state index contributed by atoms with van der Waals surface area (Å²) in [5.41, 5.74) is 8.10. The lowest BCUT2D eigenvalue weighted by Gasteiger charge is -2.25. The van der Waals surface area contributed by atoms with Crippen molar-refractivity contribution in [1.29, 1.82) is 0 Å². The van der Waals surface area contributed by atoms with Gasteiger partial charge in [-0.25, -0.2) is 0 Å². The van der Waals surface area contributed by atoms with E-state index in [1.165, 1.54) is 5.56 Å². The van der Waals surface area contributed by atoms with Crippen molar-refractivity contribution < 1.29 is 5.11 Å².